The van der Waals surface area contributed by atoms with E-state index in [0.29, 0.717) is 5.92 Å². The lowest BCUT2D eigenvalue weighted by Crippen LogP contribution is -2.61. The summed E-state index contributed by atoms with van der Waals surface area (Å²) in [4.78, 5) is 11.1. The zero-order chi connectivity index (χ0) is 100. The van der Waals surface area contributed by atoms with Crippen molar-refractivity contribution in [2.45, 2.75) is 437 Å². The van der Waals surface area contributed by atoms with Gasteiger partial charge >= 0.3 is 0 Å². The van der Waals surface area contributed by atoms with Gasteiger partial charge in [0, 0.05) is 67.6 Å². The maximum absolute atomic E-state index is 8.42. The van der Waals surface area contributed by atoms with Crippen LogP contribution in [0.1, 0.15) is 444 Å². The Morgan fingerprint density at radius 1 is 0.277 bits per heavy atom. The van der Waals surface area contributed by atoms with Crippen LogP contribution in [0.4, 0.5) is 68.2 Å². The topological polar surface area (TPSA) is 39.2 Å². The molecule has 0 bridgehead atoms. The summed E-state index contributed by atoms with van der Waals surface area (Å²) in [5.41, 5.74) is 50.3. The first-order chi connectivity index (χ1) is 65.6. The summed E-state index contributed by atoms with van der Waals surface area (Å²) in [6.07, 6.45) is 19.0. The predicted octanol–water partition coefficient (Wildman–Crippen LogP) is 33.1. The Hall–Kier alpha value is -9.39. The van der Waals surface area contributed by atoms with Crippen LogP contribution in [0.5, 0.6) is 0 Å². The molecule has 4 aliphatic heterocycles. The molecule has 0 saturated heterocycles. The lowest BCUT2D eigenvalue weighted by molar-refractivity contribution is 0.152. The van der Waals surface area contributed by atoms with E-state index in [0.717, 1.165) is 119 Å². The number of aryl methyl sites for hydroxylation is 1. The molecule has 12 aromatic rings. The second kappa shape index (κ2) is 29.3. The van der Waals surface area contributed by atoms with Gasteiger partial charge in [0.1, 0.15) is 11.2 Å². The molecule has 0 amide bonds. The first kappa shape index (κ1) is 93.9. The van der Waals surface area contributed by atoms with Crippen molar-refractivity contribution in [3.8, 4) is 0 Å². The molecule has 0 N–H and O–H groups in total. The normalized spacial score (nSPS) is 24.1. The van der Waals surface area contributed by atoms with Crippen molar-refractivity contribution in [2.75, 3.05) is 19.6 Å². The Morgan fingerprint density at radius 2 is 0.553 bits per heavy atom. The third-order valence-corrected chi connectivity index (χ3v) is 41.7. The lowest BCUT2D eigenvalue weighted by Gasteiger charge is -2.52. The van der Waals surface area contributed by atoms with Gasteiger partial charge in [0.2, 0.25) is 0 Å². The van der Waals surface area contributed by atoms with Gasteiger partial charge in [-0.1, -0.05) is 272 Å². The zero-order valence-corrected chi connectivity index (χ0v) is 92.8. The summed E-state index contributed by atoms with van der Waals surface area (Å²) in [5.74, 6) is 0.556. The summed E-state index contributed by atoms with van der Waals surface area (Å²) in [6.45, 7) is 85.5. The van der Waals surface area contributed by atoms with Gasteiger partial charge in [-0.05, 0) is 439 Å². The molecule has 6 heterocycles. The third kappa shape index (κ3) is 13.4. The number of rotatable bonds is 8. The number of furan rings is 2. The van der Waals surface area contributed by atoms with Crippen molar-refractivity contribution in [3.05, 3.63) is 246 Å². The fourth-order valence-electron chi connectivity index (χ4n) is 31.0. The Morgan fingerprint density at radius 3 is 0.915 bits per heavy atom. The largest absolute Gasteiger partial charge is 0.468 e. The molecule has 8 aliphatic carbocycles. The molecule has 6 nitrogen and oxygen atoms in total. The molecule has 0 radical (unpaired) electrons. The first-order valence-corrected chi connectivity index (χ1v) is 55.4. The van der Waals surface area contributed by atoms with E-state index in [9.17, 15) is 0 Å². The fraction of sp³-hybridized carbons (Fsp3) is 0.519. The number of fused-ring (bicyclic) bond motifs is 20. The molecule has 2 aromatic heterocycles. The SMILES string of the molecule is CCc1cc2c3c(c1)N(c1ccc4c(c1)C(C)(C)C(CC1(C)CCC(C)(C)c5cc6c7c(oc6cc51)B1c5cc6c(cc5N(c5ccc8c(c5)C(C)(C)CCC8(C)C)c5cc(C(C)C)cc(c51)N7c1ccc5c(c1)C(C)(C)CCC5(C)C)C(C)(C)CCC6(C)C)CC4(C)C)c1c(oc4cc5c(cc14)C(C)(C)CCC5(C)C)B3c1cc3c(cc1N2c1ccc2c(c1)C(C)(C)CCC2(C)C)C(C)(C)CCC3(C)C. The van der Waals surface area contributed by atoms with Gasteiger partial charge < -0.3 is 28.4 Å². The number of hydrogen-bond acceptors (Lipinski definition) is 6. The van der Waals surface area contributed by atoms with Crippen LogP contribution in [0.15, 0.2) is 154 Å². The minimum atomic E-state index is -0.261. The van der Waals surface area contributed by atoms with Crippen molar-refractivity contribution >= 4 is 137 Å². The average molecular weight is 1870 g/mol. The molecule has 8 heteroatoms. The van der Waals surface area contributed by atoms with Crippen LogP contribution in [0.2, 0.25) is 0 Å². The summed E-state index contributed by atoms with van der Waals surface area (Å²) in [5, 5.41) is 2.46. The van der Waals surface area contributed by atoms with Crippen molar-refractivity contribution in [2.24, 2.45) is 5.92 Å². The molecule has 0 spiro atoms. The van der Waals surface area contributed by atoms with E-state index in [1.807, 2.05) is 0 Å². The molecule has 0 saturated carbocycles. The van der Waals surface area contributed by atoms with Crippen molar-refractivity contribution in [3.63, 3.8) is 0 Å². The molecular formula is C133H162B2N4O2. The van der Waals surface area contributed by atoms with Gasteiger partial charge in [-0.25, -0.2) is 0 Å². The molecule has 2 unspecified atom stereocenters. The third-order valence-electron chi connectivity index (χ3n) is 41.7. The van der Waals surface area contributed by atoms with Gasteiger partial charge in [0.05, 0.1) is 22.7 Å². The highest BCUT2D eigenvalue weighted by Gasteiger charge is 2.58. The van der Waals surface area contributed by atoms with Crippen LogP contribution in [0, 0.1) is 5.92 Å². The number of hydrogen-bond donors (Lipinski definition) is 0. The van der Waals surface area contributed by atoms with Crippen LogP contribution in [0.3, 0.4) is 0 Å². The number of anilines is 12. The van der Waals surface area contributed by atoms with E-state index in [-0.39, 0.29) is 106 Å². The van der Waals surface area contributed by atoms with Crippen molar-refractivity contribution < 1.29 is 8.83 Å². The van der Waals surface area contributed by atoms with Crippen LogP contribution >= 0.6 is 0 Å². The molecule has 10 aromatic carbocycles. The van der Waals surface area contributed by atoms with Crippen LogP contribution in [0.25, 0.3) is 21.9 Å². The van der Waals surface area contributed by atoms with Crippen molar-refractivity contribution in [1.29, 1.82) is 0 Å². The highest BCUT2D eigenvalue weighted by Crippen LogP contribution is 2.64. The van der Waals surface area contributed by atoms with Crippen LogP contribution in [-0.2, 0) is 93.1 Å². The van der Waals surface area contributed by atoms with Crippen LogP contribution in [-0.4, -0.2) is 13.4 Å². The highest BCUT2D eigenvalue weighted by atomic mass is 16.3. The second-order valence-electron chi connectivity index (χ2n) is 58.2. The monoisotopic (exact) mass is 1870 g/mol. The minimum absolute atomic E-state index is 0.00999. The molecule has 732 valence electrons. The van der Waals surface area contributed by atoms with E-state index in [1.54, 1.807) is 0 Å². The maximum Gasteiger partial charge on any atom is 0.297 e. The zero-order valence-electron chi connectivity index (χ0n) is 92.8. The standard InChI is InChI=1S/C133H162B2N4O2/c1-35-77-58-106-112-107(59-77)138(114-84-66-93-99(129(26,27)55-50-124(93,16)17)72-110(84)140-116(114)134(112)102-68-95-97(127(22,23)53-51-125(95,18)19)70-104(102)136(106)80-36-40-86-90(62-80)121(10,11)47-44-118(86,4)5)83-39-43-89-100(65-83)132(32,33)79(74-131(89,30)31)75-133(34)57-56-130(28,29)94-67-85-111(73-101(94)133)141-117-115(85)139(82-38-42-88-92(64-82)123(14,15)49-46-120(88,8)9)109-61-78(76(2)3)60-108-113(109)135(117)103-69-96-98(128(24,25)54-52-126(96,20)21)71-105(103)137(108)81-37-41-87-91(63-81)122(12,13)48-45-119(87,6)7/h36-43,58-73,76,79H,35,44-57,74-75H2,1-34H3. The van der Waals surface area contributed by atoms with E-state index >= 15 is 0 Å². The molecule has 24 rings (SSSR count). The Bertz CT molecular complexity index is 7440. The molecular weight excluding hydrogens is 1710 g/mol. The van der Waals surface area contributed by atoms with Crippen molar-refractivity contribution in [1.82, 2.24) is 0 Å². The molecule has 0 fully saturated rings. The number of benzene rings is 10. The average Bonchev–Trinajstić information content (AvgIpc) is 1.62. The minimum Gasteiger partial charge on any atom is -0.468 e. The molecule has 2 atom stereocenters. The summed E-state index contributed by atoms with van der Waals surface area (Å²) in [7, 11) is 0. The Labute approximate surface area is 848 Å². The Balaban J connectivity index is 0.698. The van der Waals surface area contributed by atoms with Gasteiger partial charge in [-0.15, -0.1) is 0 Å². The van der Waals surface area contributed by atoms with E-state index in [4.69, 9.17) is 8.83 Å². The van der Waals surface area contributed by atoms with E-state index in [1.165, 1.54) is 214 Å². The summed E-state index contributed by atoms with van der Waals surface area (Å²) >= 11 is 0. The summed E-state index contributed by atoms with van der Waals surface area (Å²) < 4.78 is 16.6. The van der Waals surface area contributed by atoms with Gasteiger partial charge in [-0.3, -0.25) is 0 Å². The molecule has 141 heavy (non-hydrogen) atoms. The fourth-order valence-corrected chi connectivity index (χ4v) is 31.0. The second-order valence-corrected chi connectivity index (χ2v) is 58.2. The lowest BCUT2D eigenvalue weighted by atomic mass is 9.35. The van der Waals surface area contributed by atoms with Gasteiger partial charge in [0.15, 0.2) is 0 Å². The predicted molar refractivity (Wildman–Crippen MR) is 604 cm³/mol. The van der Waals surface area contributed by atoms with Gasteiger partial charge in [0.25, 0.3) is 13.4 Å². The highest BCUT2D eigenvalue weighted by molar-refractivity contribution is 7.00. The van der Waals surface area contributed by atoms with E-state index < -0.39 is 0 Å². The first-order valence-electron chi connectivity index (χ1n) is 55.4. The maximum atomic E-state index is 8.42. The quantitative estimate of drug-likeness (QED) is 0.141. The Kier molecular flexibility index (Phi) is 19.5. The van der Waals surface area contributed by atoms with E-state index in [2.05, 4.69) is 401 Å². The van der Waals surface area contributed by atoms with Crippen LogP contribution < -0.4 is 52.8 Å². The van der Waals surface area contributed by atoms with Gasteiger partial charge in [-0.2, -0.15) is 0 Å². The number of nitrogens with zero attached hydrogens (tertiary/aromatic N) is 4. The summed E-state index contributed by atoms with van der Waals surface area (Å²) in [6, 6.07) is 63.0. The smallest absolute Gasteiger partial charge is 0.297 e. The molecule has 12 aliphatic rings.